The Labute approximate surface area is 109 Å². The smallest absolute Gasteiger partial charge is 0.335 e. The largest absolute Gasteiger partial charge is 0.478 e. The summed E-state index contributed by atoms with van der Waals surface area (Å²) in [7, 11) is 0. The molecule has 1 aliphatic carbocycles. The first kappa shape index (κ1) is 11.8. The second-order valence-electron chi connectivity index (χ2n) is 4.68. The van der Waals surface area contributed by atoms with Crippen LogP contribution in [0.4, 0.5) is 4.39 Å². The monoisotopic (exact) mass is 257 g/mol. The summed E-state index contributed by atoms with van der Waals surface area (Å²) in [5.74, 6) is -1.57. The van der Waals surface area contributed by atoms with Gasteiger partial charge in [0, 0.05) is 12.1 Å². The van der Waals surface area contributed by atoms with E-state index in [0.29, 0.717) is 5.56 Å². The fraction of sp³-hybridized carbons (Fsp3) is 0.200. The summed E-state index contributed by atoms with van der Waals surface area (Å²) >= 11 is 0. The molecule has 1 aliphatic rings. The quantitative estimate of drug-likeness (QED) is 0.899. The van der Waals surface area contributed by atoms with E-state index in [1.54, 1.807) is 6.20 Å². The second kappa shape index (κ2) is 4.46. The van der Waals surface area contributed by atoms with Gasteiger partial charge in [0.1, 0.15) is 5.82 Å². The van der Waals surface area contributed by atoms with Crippen LogP contribution in [0.1, 0.15) is 39.5 Å². The Hall–Kier alpha value is -2.23. The molecule has 0 amide bonds. The van der Waals surface area contributed by atoms with Crippen molar-refractivity contribution in [3.05, 3.63) is 64.7 Å². The van der Waals surface area contributed by atoms with E-state index >= 15 is 0 Å². The lowest BCUT2D eigenvalue weighted by molar-refractivity contribution is 0.0695. The zero-order valence-electron chi connectivity index (χ0n) is 10.1. The van der Waals surface area contributed by atoms with Crippen LogP contribution in [0.2, 0.25) is 0 Å². The number of fused-ring (bicyclic) bond motifs is 1. The van der Waals surface area contributed by atoms with Crippen molar-refractivity contribution in [3.8, 4) is 0 Å². The number of aryl methyl sites for hydroxylation is 1. The van der Waals surface area contributed by atoms with E-state index in [-0.39, 0.29) is 11.5 Å². The van der Waals surface area contributed by atoms with Crippen molar-refractivity contribution in [2.75, 3.05) is 0 Å². The van der Waals surface area contributed by atoms with Crippen LogP contribution in [-0.2, 0) is 6.42 Å². The number of halogens is 1. The average molecular weight is 257 g/mol. The molecule has 1 unspecified atom stereocenters. The van der Waals surface area contributed by atoms with Crippen molar-refractivity contribution in [2.24, 2.45) is 0 Å². The van der Waals surface area contributed by atoms with Gasteiger partial charge in [-0.1, -0.05) is 6.07 Å². The maximum atomic E-state index is 13.4. The van der Waals surface area contributed by atoms with Gasteiger partial charge in [-0.2, -0.15) is 0 Å². The molecular formula is C15H12FNO2. The van der Waals surface area contributed by atoms with Gasteiger partial charge in [-0.25, -0.2) is 9.18 Å². The van der Waals surface area contributed by atoms with Gasteiger partial charge in [0.25, 0.3) is 0 Å². The number of carbonyl (C=O) groups is 1. The van der Waals surface area contributed by atoms with Gasteiger partial charge in [0.05, 0.1) is 11.3 Å². The van der Waals surface area contributed by atoms with E-state index in [9.17, 15) is 14.3 Å². The van der Waals surface area contributed by atoms with E-state index in [1.165, 1.54) is 18.2 Å². The van der Waals surface area contributed by atoms with E-state index in [4.69, 9.17) is 0 Å². The van der Waals surface area contributed by atoms with Crippen LogP contribution < -0.4 is 0 Å². The normalized spacial score (nSPS) is 17.2. The standard InChI is InChI=1S/C15H12FNO2/c16-10-4-6-12(15(18)19)13(8-10)11-5-3-9-2-1-7-17-14(9)11/h1-2,4,6-8,11H,3,5H2,(H,18,19). The number of hydrogen-bond donors (Lipinski definition) is 1. The SMILES string of the molecule is O=C(O)c1ccc(F)cc1C1CCc2cccnc21. The molecule has 1 atom stereocenters. The van der Waals surface area contributed by atoms with Crippen molar-refractivity contribution in [2.45, 2.75) is 18.8 Å². The van der Waals surface area contributed by atoms with Gasteiger partial charge in [-0.3, -0.25) is 4.98 Å². The summed E-state index contributed by atoms with van der Waals surface area (Å²) in [5.41, 5.74) is 2.67. The Bertz CT molecular complexity index is 654. The molecule has 3 nitrogen and oxygen atoms in total. The lowest BCUT2D eigenvalue weighted by Gasteiger charge is -2.14. The highest BCUT2D eigenvalue weighted by Gasteiger charge is 2.28. The Balaban J connectivity index is 2.13. The molecule has 0 bridgehead atoms. The van der Waals surface area contributed by atoms with Crippen LogP contribution in [-0.4, -0.2) is 16.1 Å². The van der Waals surface area contributed by atoms with E-state index in [1.807, 2.05) is 12.1 Å². The average Bonchev–Trinajstić information content (AvgIpc) is 2.82. The zero-order valence-corrected chi connectivity index (χ0v) is 10.1. The summed E-state index contributed by atoms with van der Waals surface area (Å²) in [6, 6.07) is 7.68. The third kappa shape index (κ3) is 1.99. The molecule has 2 aromatic rings. The van der Waals surface area contributed by atoms with Crippen LogP contribution >= 0.6 is 0 Å². The molecule has 0 spiro atoms. The molecule has 96 valence electrons. The molecule has 1 heterocycles. The van der Waals surface area contributed by atoms with Crippen LogP contribution in [0.5, 0.6) is 0 Å². The number of carboxylic acids is 1. The molecule has 0 fully saturated rings. The van der Waals surface area contributed by atoms with Crippen LogP contribution in [0, 0.1) is 5.82 Å². The third-order valence-electron chi connectivity index (χ3n) is 3.58. The molecule has 3 rings (SSSR count). The highest BCUT2D eigenvalue weighted by Crippen LogP contribution is 2.38. The van der Waals surface area contributed by atoms with Crippen LogP contribution in [0.15, 0.2) is 36.5 Å². The zero-order chi connectivity index (χ0) is 13.4. The Morgan fingerprint density at radius 2 is 2.21 bits per heavy atom. The van der Waals surface area contributed by atoms with Crippen molar-refractivity contribution in [1.82, 2.24) is 4.98 Å². The fourth-order valence-corrected chi connectivity index (χ4v) is 2.73. The van der Waals surface area contributed by atoms with Gasteiger partial charge in [0.15, 0.2) is 0 Å². The third-order valence-corrected chi connectivity index (χ3v) is 3.58. The number of pyridine rings is 1. The van der Waals surface area contributed by atoms with Crippen molar-refractivity contribution < 1.29 is 14.3 Å². The molecule has 1 aromatic heterocycles. The Morgan fingerprint density at radius 1 is 1.37 bits per heavy atom. The number of aromatic nitrogens is 1. The molecule has 0 aliphatic heterocycles. The van der Waals surface area contributed by atoms with E-state index < -0.39 is 11.8 Å². The molecule has 0 radical (unpaired) electrons. The molecule has 19 heavy (non-hydrogen) atoms. The molecular weight excluding hydrogens is 245 g/mol. The first-order valence-electron chi connectivity index (χ1n) is 6.13. The lowest BCUT2D eigenvalue weighted by Crippen LogP contribution is -2.08. The predicted octanol–water partition coefficient (Wildman–Crippen LogP) is 3.00. The summed E-state index contributed by atoms with van der Waals surface area (Å²) in [6.07, 6.45) is 3.32. The van der Waals surface area contributed by atoms with Gasteiger partial charge < -0.3 is 5.11 Å². The minimum atomic E-state index is -1.03. The Kier molecular flexibility index (Phi) is 2.78. The highest BCUT2D eigenvalue weighted by molar-refractivity contribution is 5.89. The number of carboxylic acid groups (broad SMARTS) is 1. The first-order valence-corrected chi connectivity index (χ1v) is 6.13. The highest BCUT2D eigenvalue weighted by atomic mass is 19.1. The molecule has 0 saturated heterocycles. The minimum absolute atomic E-state index is 0.127. The molecule has 1 N–H and O–H groups in total. The summed E-state index contributed by atoms with van der Waals surface area (Å²) < 4.78 is 13.4. The molecule has 4 heteroatoms. The second-order valence-corrected chi connectivity index (χ2v) is 4.68. The van der Waals surface area contributed by atoms with Crippen molar-refractivity contribution >= 4 is 5.97 Å². The summed E-state index contributed by atoms with van der Waals surface area (Å²) in [5, 5.41) is 9.22. The maximum absolute atomic E-state index is 13.4. The van der Waals surface area contributed by atoms with Crippen LogP contribution in [0.25, 0.3) is 0 Å². The van der Waals surface area contributed by atoms with E-state index in [0.717, 1.165) is 24.1 Å². The summed E-state index contributed by atoms with van der Waals surface area (Å²) in [6.45, 7) is 0. The number of rotatable bonds is 2. The summed E-state index contributed by atoms with van der Waals surface area (Å²) in [4.78, 5) is 15.6. The Morgan fingerprint density at radius 3 is 3.00 bits per heavy atom. The van der Waals surface area contributed by atoms with Crippen molar-refractivity contribution in [1.29, 1.82) is 0 Å². The number of benzene rings is 1. The lowest BCUT2D eigenvalue weighted by atomic mass is 9.92. The van der Waals surface area contributed by atoms with Gasteiger partial charge in [-0.15, -0.1) is 0 Å². The van der Waals surface area contributed by atoms with Gasteiger partial charge in [0.2, 0.25) is 0 Å². The first-order chi connectivity index (χ1) is 9.16. The number of nitrogens with zero attached hydrogens (tertiary/aromatic N) is 1. The fourth-order valence-electron chi connectivity index (χ4n) is 2.73. The molecule has 0 saturated carbocycles. The minimum Gasteiger partial charge on any atom is -0.478 e. The predicted molar refractivity (Wildman–Crippen MR) is 67.8 cm³/mol. The van der Waals surface area contributed by atoms with Crippen molar-refractivity contribution in [3.63, 3.8) is 0 Å². The van der Waals surface area contributed by atoms with Crippen LogP contribution in [0.3, 0.4) is 0 Å². The topological polar surface area (TPSA) is 50.2 Å². The molecule has 1 aromatic carbocycles. The number of hydrogen-bond acceptors (Lipinski definition) is 2. The van der Waals surface area contributed by atoms with E-state index in [2.05, 4.69) is 4.98 Å². The maximum Gasteiger partial charge on any atom is 0.335 e. The van der Waals surface area contributed by atoms with Gasteiger partial charge >= 0.3 is 5.97 Å². The number of aromatic carboxylic acids is 1. The van der Waals surface area contributed by atoms with Gasteiger partial charge in [-0.05, 0) is 48.2 Å².